The van der Waals surface area contributed by atoms with E-state index in [1.54, 1.807) is 0 Å². The van der Waals surface area contributed by atoms with E-state index in [1.165, 1.54) is 13.8 Å². The first kappa shape index (κ1) is 17.5. The van der Waals surface area contributed by atoms with E-state index in [9.17, 15) is 24.6 Å². The third kappa shape index (κ3) is 3.56. The number of hydrogen-bond acceptors (Lipinski definition) is 9. The zero-order valence-electron chi connectivity index (χ0n) is 11.6. The Balaban J connectivity index is 2.86. The number of esters is 2. The molecule has 1 aliphatic heterocycles. The second kappa shape index (κ2) is 6.48. The molecule has 4 atom stereocenters. The minimum Gasteiger partial charge on any atom is -0.449 e. The van der Waals surface area contributed by atoms with Crippen molar-refractivity contribution < 1.29 is 44.3 Å². The fourth-order valence-corrected chi connectivity index (χ4v) is 1.61. The predicted octanol–water partition coefficient (Wildman–Crippen LogP) is -2.87. The number of hydrogen-bond donors (Lipinski definition) is 4. The van der Waals surface area contributed by atoms with Crippen LogP contribution < -0.4 is 0 Å². The Kier molecular flexibility index (Phi) is 5.40. The molecule has 9 nitrogen and oxygen atoms in total. The van der Waals surface area contributed by atoms with Crippen molar-refractivity contribution in [3.8, 4) is 0 Å². The maximum Gasteiger partial charge on any atom is 0.379 e. The summed E-state index contributed by atoms with van der Waals surface area (Å²) in [4.78, 5) is 34.5. The Hall–Kier alpha value is -1.55. The van der Waals surface area contributed by atoms with Crippen LogP contribution in [0.1, 0.15) is 13.8 Å². The molecule has 0 radical (unpaired) electrons. The number of carbonyl (C=O) groups is 3. The van der Waals surface area contributed by atoms with Gasteiger partial charge < -0.3 is 29.9 Å². The molecule has 0 amide bonds. The average molecular weight is 306 g/mol. The van der Waals surface area contributed by atoms with E-state index in [4.69, 9.17) is 14.9 Å². The van der Waals surface area contributed by atoms with Gasteiger partial charge in [-0.25, -0.2) is 9.59 Å². The Bertz CT molecular complexity index is 430. The fourth-order valence-electron chi connectivity index (χ4n) is 1.61. The van der Waals surface area contributed by atoms with Crippen LogP contribution in [0, 0.1) is 5.41 Å². The van der Waals surface area contributed by atoms with Gasteiger partial charge in [-0.05, 0) is 0 Å². The first-order chi connectivity index (χ1) is 9.65. The topological polar surface area (TPSA) is 151 Å². The second-order valence-corrected chi connectivity index (χ2v) is 5.39. The van der Waals surface area contributed by atoms with E-state index in [0.717, 1.165) is 0 Å². The first-order valence-electron chi connectivity index (χ1n) is 6.19. The molecule has 0 aromatic rings. The van der Waals surface area contributed by atoms with Crippen LogP contribution in [-0.4, -0.2) is 75.8 Å². The normalized spacial score (nSPS) is 25.4. The Morgan fingerprint density at radius 3 is 2.38 bits per heavy atom. The van der Waals surface area contributed by atoms with Gasteiger partial charge in [-0.3, -0.25) is 4.79 Å². The second-order valence-electron chi connectivity index (χ2n) is 5.39. The molecule has 0 saturated carbocycles. The largest absolute Gasteiger partial charge is 0.449 e. The quantitative estimate of drug-likeness (QED) is 0.300. The molecule has 1 fully saturated rings. The number of ether oxygens (including phenoxy) is 2. The molecular weight excluding hydrogens is 288 g/mol. The summed E-state index contributed by atoms with van der Waals surface area (Å²) < 4.78 is 9.24. The van der Waals surface area contributed by atoms with E-state index in [-0.39, 0.29) is 0 Å². The van der Waals surface area contributed by atoms with E-state index < -0.39 is 60.8 Å². The van der Waals surface area contributed by atoms with Crippen LogP contribution in [0.15, 0.2) is 0 Å². The van der Waals surface area contributed by atoms with Crippen molar-refractivity contribution in [1.29, 1.82) is 0 Å². The molecule has 4 N–H and O–H groups in total. The fraction of sp³-hybridized carbons (Fsp3) is 0.750. The van der Waals surface area contributed by atoms with Gasteiger partial charge >= 0.3 is 11.9 Å². The predicted molar refractivity (Wildman–Crippen MR) is 64.7 cm³/mol. The molecule has 1 heterocycles. The van der Waals surface area contributed by atoms with E-state index in [1.807, 2.05) is 0 Å². The maximum atomic E-state index is 11.8. The summed E-state index contributed by atoms with van der Waals surface area (Å²) in [6.07, 6.45) is -6.65. The minimum atomic E-state index is -1.75. The first-order valence-corrected chi connectivity index (χ1v) is 6.19. The van der Waals surface area contributed by atoms with Gasteiger partial charge in [-0.15, -0.1) is 0 Å². The number of cyclic esters (lactones) is 1. The van der Waals surface area contributed by atoms with Gasteiger partial charge in [0.05, 0.1) is 13.2 Å². The molecule has 0 aromatic carbocycles. The lowest BCUT2D eigenvalue weighted by molar-refractivity contribution is -0.175. The monoisotopic (exact) mass is 306 g/mol. The van der Waals surface area contributed by atoms with Crippen molar-refractivity contribution in [2.24, 2.45) is 5.41 Å². The Morgan fingerprint density at radius 2 is 1.90 bits per heavy atom. The van der Waals surface area contributed by atoms with Crippen LogP contribution >= 0.6 is 0 Å². The van der Waals surface area contributed by atoms with Gasteiger partial charge in [-0.2, -0.15) is 0 Å². The van der Waals surface area contributed by atoms with Crippen LogP contribution in [0.4, 0.5) is 0 Å². The third-order valence-corrected chi connectivity index (χ3v) is 3.18. The highest BCUT2D eigenvalue weighted by Crippen LogP contribution is 2.24. The molecule has 2 unspecified atom stereocenters. The van der Waals surface area contributed by atoms with Crippen molar-refractivity contribution in [2.75, 3.05) is 13.2 Å². The molecule has 9 heteroatoms. The number of carbonyl (C=O) groups excluding carboxylic acids is 3. The molecule has 120 valence electrons. The van der Waals surface area contributed by atoms with Crippen molar-refractivity contribution in [2.45, 2.75) is 38.3 Å². The summed E-state index contributed by atoms with van der Waals surface area (Å²) in [5.74, 6) is -3.75. The van der Waals surface area contributed by atoms with Crippen molar-refractivity contribution in [3.05, 3.63) is 0 Å². The highest BCUT2D eigenvalue weighted by atomic mass is 16.6. The molecule has 0 aliphatic carbocycles. The van der Waals surface area contributed by atoms with Gasteiger partial charge in [-0.1, -0.05) is 13.8 Å². The molecule has 1 saturated heterocycles. The maximum absolute atomic E-state index is 11.8. The van der Waals surface area contributed by atoms with Crippen molar-refractivity contribution >= 4 is 17.7 Å². The third-order valence-electron chi connectivity index (χ3n) is 3.18. The number of rotatable bonds is 6. The van der Waals surface area contributed by atoms with Gasteiger partial charge in [0.25, 0.3) is 5.78 Å². The minimum absolute atomic E-state index is 0.528. The summed E-state index contributed by atoms with van der Waals surface area (Å²) in [5.41, 5.74) is -1.23. The van der Waals surface area contributed by atoms with Gasteiger partial charge in [0, 0.05) is 5.41 Å². The standard InChI is InChI=1S/C12H18O9/c1-12(2,4-14)9(17)11(19)21-8-6(16)10(18)20-7(8)5(15)3-13/h5,7-9,13-15,17H,3-4H2,1-2H3/t5-,7+,8?,9?/m0/s1. The lowest BCUT2D eigenvalue weighted by atomic mass is 9.87. The molecule has 0 spiro atoms. The van der Waals surface area contributed by atoms with Crippen LogP contribution in [0.2, 0.25) is 0 Å². The van der Waals surface area contributed by atoms with Crippen LogP contribution in [0.5, 0.6) is 0 Å². The van der Waals surface area contributed by atoms with E-state index >= 15 is 0 Å². The molecule has 1 aliphatic rings. The Labute approximate surface area is 120 Å². The van der Waals surface area contributed by atoms with E-state index in [0.29, 0.717) is 0 Å². The zero-order valence-corrected chi connectivity index (χ0v) is 11.6. The van der Waals surface area contributed by atoms with Crippen molar-refractivity contribution in [3.63, 3.8) is 0 Å². The summed E-state index contributed by atoms with van der Waals surface area (Å²) >= 11 is 0. The van der Waals surface area contributed by atoms with Crippen molar-refractivity contribution in [1.82, 2.24) is 0 Å². The molecule has 0 aromatic heterocycles. The van der Waals surface area contributed by atoms with Gasteiger partial charge in [0.15, 0.2) is 12.2 Å². The Morgan fingerprint density at radius 1 is 1.33 bits per heavy atom. The number of aliphatic hydroxyl groups excluding tert-OH is 4. The van der Waals surface area contributed by atoms with E-state index in [2.05, 4.69) is 4.74 Å². The molecule has 21 heavy (non-hydrogen) atoms. The number of Topliss-reactive ketones (excluding diaryl/α,β-unsaturated/α-hetero) is 1. The summed E-state index contributed by atoms with van der Waals surface area (Å²) in [7, 11) is 0. The number of aliphatic hydroxyl groups is 4. The summed E-state index contributed by atoms with van der Waals surface area (Å²) in [6.45, 7) is 1.43. The molecular formula is C12H18O9. The smallest absolute Gasteiger partial charge is 0.379 e. The van der Waals surface area contributed by atoms with Crippen LogP contribution in [0.3, 0.4) is 0 Å². The molecule has 0 bridgehead atoms. The lowest BCUT2D eigenvalue weighted by Crippen LogP contribution is -2.46. The highest BCUT2D eigenvalue weighted by Gasteiger charge is 2.50. The summed E-state index contributed by atoms with van der Waals surface area (Å²) in [5, 5.41) is 37.1. The van der Waals surface area contributed by atoms with Gasteiger partial charge in [0.1, 0.15) is 6.10 Å². The van der Waals surface area contributed by atoms with Gasteiger partial charge in [0.2, 0.25) is 6.10 Å². The van der Waals surface area contributed by atoms with Crippen LogP contribution in [0.25, 0.3) is 0 Å². The highest BCUT2D eigenvalue weighted by molar-refractivity contribution is 6.37. The SMILES string of the molecule is CC(C)(CO)C(O)C(=O)OC1C(=O)C(=O)O[C@@H]1[C@@H](O)CO. The zero-order chi connectivity index (χ0) is 16.4. The van der Waals surface area contributed by atoms with Crippen LogP contribution in [-0.2, 0) is 23.9 Å². The summed E-state index contributed by atoms with van der Waals surface area (Å²) in [6, 6.07) is 0. The average Bonchev–Trinajstić information content (AvgIpc) is 2.73. The molecule has 1 rings (SSSR count). The number of ketones is 1. The lowest BCUT2D eigenvalue weighted by Gasteiger charge is -2.28.